The fourth-order valence-electron chi connectivity index (χ4n) is 3.20. The Bertz CT molecular complexity index is 865. The van der Waals surface area contributed by atoms with E-state index in [1.807, 2.05) is 41.1 Å². The molecule has 1 unspecified atom stereocenters. The molecule has 3 aromatic rings. The maximum absolute atomic E-state index is 12.1. The van der Waals surface area contributed by atoms with Gasteiger partial charge in [0.15, 0.2) is 0 Å². The number of benzene rings is 1. The average Bonchev–Trinajstić information content (AvgIpc) is 3.32. The number of nitrogens with one attached hydrogen (secondary N) is 3. The van der Waals surface area contributed by atoms with Crippen LogP contribution in [0.3, 0.4) is 0 Å². The topological polar surface area (TPSA) is 70.5 Å². The zero-order chi connectivity index (χ0) is 17.1. The van der Waals surface area contributed by atoms with Crippen LogP contribution in [0.15, 0.2) is 55.0 Å². The highest BCUT2D eigenvalue weighted by molar-refractivity contribution is 5.89. The second-order valence-electron chi connectivity index (χ2n) is 6.35. The molecule has 1 aromatic carbocycles. The van der Waals surface area contributed by atoms with Crippen LogP contribution in [0.1, 0.15) is 23.5 Å². The van der Waals surface area contributed by atoms with Gasteiger partial charge in [-0.2, -0.15) is 0 Å². The van der Waals surface area contributed by atoms with E-state index in [4.69, 9.17) is 0 Å². The van der Waals surface area contributed by atoms with Gasteiger partial charge in [0.25, 0.3) is 0 Å². The summed E-state index contributed by atoms with van der Waals surface area (Å²) >= 11 is 0. The molecule has 2 amide bonds. The summed E-state index contributed by atoms with van der Waals surface area (Å²) in [5.74, 6) is 0.584. The van der Waals surface area contributed by atoms with Gasteiger partial charge in [-0.3, -0.25) is 0 Å². The molecule has 0 bridgehead atoms. The molecule has 0 spiro atoms. The standard InChI is InChI=1S/C19H21N5O/c25-19(22-12-14-6-9-24-10-8-21-18(24)11-14)23-17-3-1-15(2-4-17)16-5-7-20-13-16/h1-4,6,8-11,16,20H,5,7,12-13H2,(H2,22,23,25). The third-order valence-corrected chi connectivity index (χ3v) is 4.62. The SMILES string of the molecule is O=C(NCc1ccn2ccnc2c1)Nc1ccc(C2CCNC2)cc1. The number of nitrogens with zero attached hydrogens (tertiary/aromatic N) is 2. The summed E-state index contributed by atoms with van der Waals surface area (Å²) < 4.78 is 1.94. The van der Waals surface area contributed by atoms with Gasteiger partial charge in [-0.05, 0) is 54.3 Å². The first-order valence-corrected chi connectivity index (χ1v) is 8.55. The average molecular weight is 335 g/mol. The highest BCUT2D eigenvalue weighted by atomic mass is 16.2. The monoisotopic (exact) mass is 335 g/mol. The Morgan fingerprint density at radius 1 is 1.24 bits per heavy atom. The van der Waals surface area contributed by atoms with Crippen molar-refractivity contribution in [1.82, 2.24) is 20.0 Å². The summed E-state index contributed by atoms with van der Waals surface area (Å²) in [6.07, 6.45) is 6.76. The maximum Gasteiger partial charge on any atom is 0.319 e. The normalized spacial score (nSPS) is 16.9. The molecule has 3 heterocycles. The van der Waals surface area contributed by atoms with Crippen molar-refractivity contribution in [2.75, 3.05) is 18.4 Å². The van der Waals surface area contributed by atoms with Crippen LogP contribution in [0.2, 0.25) is 0 Å². The van der Waals surface area contributed by atoms with Crippen LogP contribution in [0, 0.1) is 0 Å². The summed E-state index contributed by atoms with van der Waals surface area (Å²) in [5.41, 5.74) is 4.01. The van der Waals surface area contributed by atoms with Crippen molar-refractivity contribution in [2.24, 2.45) is 0 Å². The fourth-order valence-corrected chi connectivity index (χ4v) is 3.20. The molecule has 3 N–H and O–H groups in total. The van der Waals surface area contributed by atoms with Gasteiger partial charge in [-0.15, -0.1) is 0 Å². The second kappa shape index (κ2) is 6.94. The quantitative estimate of drug-likeness (QED) is 0.686. The number of carbonyl (C=O) groups excluding carboxylic acids is 1. The lowest BCUT2D eigenvalue weighted by atomic mass is 9.98. The van der Waals surface area contributed by atoms with Gasteiger partial charge < -0.3 is 20.4 Å². The van der Waals surface area contributed by atoms with Gasteiger partial charge in [0.1, 0.15) is 5.65 Å². The van der Waals surface area contributed by atoms with Crippen LogP contribution in [-0.4, -0.2) is 28.5 Å². The number of aromatic nitrogens is 2. The number of anilines is 1. The van der Waals surface area contributed by atoms with Crippen molar-refractivity contribution in [3.63, 3.8) is 0 Å². The van der Waals surface area contributed by atoms with E-state index in [-0.39, 0.29) is 6.03 Å². The molecule has 4 rings (SSSR count). The molecule has 1 aliphatic heterocycles. The first kappa shape index (κ1) is 15.7. The van der Waals surface area contributed by atoms with E-state index < -0.39 is 0 Å². The zero-order valence-electron chi connectivity index (χ0n) is 13.9. The molecule has 6 heteroatoms. The molecule has 6 nitrogen and oxygen atoms in total. The molecule has 1 saturated heterocycles. The van der Waals surface area contributed by atoms with E-state index in [0.717, 1.165) is 30.0 Å². The first-order chi connectivity index (χ1) is 12.3. The lowest BCUT2D eigenvalue weighted by molar-refractivity contribution is 0.251. The minimum atomic E-state index is -0.210. The van der Waals surface area contributed by atoms with Crippen molar-refractivity contribution in [2.45, 2.75) is 18.9 Å². The van der Waals surface area contributed by atoms with E-state index in [9.17, 15) is 4.79 Å². The number of hydrogen-bond acceptors (Lipinski definition) is 3. The summed E-state index contributed by atoms with van der Waals surface area (Å²) in [7, 11) is 0. The van der Waals surface area contributed by atoms with Crippen molar-refractivity contribution in [1.29, 1.82) is 0 Å². The van der Waals surface area contributed by atoms with Crippen LogP contribution in [0.4, 0.5) is 10.5 Å². The van der Waals surface area contributed by atoms with E-state index >= 15 is 0 Å². The second-order valence-corrected chi connectivity index (χ2v) is 6.35. The Balaban J connectivity index is 1.32. The molecule has 25 heavy (non-hydrogen) atoms. The van der Waals surface area contributed by atoms with E-state index in [1.165, 1.54) is 12.0 Å². The Morgan fingerprint density at radius 2 is 2.12 bits per heavy atom. The van der Waals surface area contributed by atoms with Crippen LogP contribution < -0.4 is 16.0 Å². The summed E-state index contributed by atoms with van der Waals surface area (Å²) in [5, 5.41) is 9.13. The van der Waals surface area contributed by atoms with E-state index in [2.05, 4.69) is 33.1 Å². The largest absolute Gasteiger partial charge is 0.334 e. The van der Waals surface area contributed by atoms with Gasteiger partial charge in [-0.25, -0.2) is 9.78 Å². The summed E-state index contributed by atoms with van der Waals surface area (Å²) in [4.78, 5) is 16.3. The van der Waals surface area contributed by atoms with Gasteiger partial charge in [0.2, 0.25) is 0 Å². The molecule has 128 valence electrons. The highest BCUT2D eigenvalue weighted by Crippen LogP contribution is 2.23. The Labute approximate surface area is 146 Å². The highest BCUT2D eigenvalue weighted by Gasteiger charge is 2.16. The molecular formula is C19H21N5O. The number of amides is 2. The molecule has 0 saturated carbocycles. The van der Waals surface area contributed by atoms with Crippen LogP contribution in [-0.2, 0) is 6.54 Å². The fraction of sp³-hybridized carbons (Fsp3) is 0.263. The molecule has 2 aromatic heterocycles. The van der Waals surface area contributed by atoms with E-state index in [1.54, 1.807) is 6.20 Å². The van der Waals surface area contributed by atoms with E-state index in [0.29, 0.717) is 12.5 Å². The Hall–Kier alpha value is -2.86. The van der Waals surface area contributed by atoms with Gasteiger partial charge in [0.05, 0.1) is 0 Å². The number of rotatable bonds is 4. The molecule has 1 aliphatic rings. The Kier molecular flexibility index (Phi) is 4.35. The number of hydrogen-bond donors (Lipinski definition) is 3. The van der Waals surface area contributed by atoms with Crippen molar-refractivity contribution in [3.05, 3.63) is 66.1 Å². The Morgan fingerprint density at radius 3 is 2.92 bits per heavy atom. The number of urea groups is 1. The predicted octanol–water partition coefficient (Wildman–Crippen LogP) is 2.73. The third kappa shape index (κ3) is 3.64. The van der Waals surface area contributed by atoms with Crippen molar-refractivity contribution >= 4 is 17.4 Å². The zero-order valence-corrected chi connectivity index (χ0v) is 13.9. The molecule has 1 fully saturated rings. The van der Waals surface area contributed by atoms with Crippen molar-refractivity contribution in [3.8, 4) is 0 Å². The third-order valence-electron chi connectivity index (χ3n) is 4.62. The minimum Gasteiger partial charge on any atom is -0.334 e. The maximum atomic E-state index is 12.1. The summed E-state index contributed by atoms with van der Waals surface area (Å²) in [6, 6.07) is 11.8. The van der Waals surface area contributed by atoms with Gasteiger partial charge in [0, 0.05) is 37.4 Å². The molecular weight excluding hydrogens is 314 g/mol. The molecule has 0 aliphatic carbocycles. The van der Waals surface area contributed by atoms with Crippen LogP contribution in [0.5, 0.6) is 0 Å². The van der Waals surface area contributed by atoms with Crippen LogP contribution >= 0.6 is 0 Å². The summed E-state index contributed by atoms with van der Waals surface area (Å²) in [6.45, 7) is 2.58. The predicted molar refractivity (Wildman–Crippen MR) is 97.7 cm³/mol. The number of imidazole rings is 1. The smallest absolute Gasteiger partial charge is 0.319 e. The van der Waals surface area contributed by atoms with Crippen LogP contribution in [0.25, 0.3) is 5.65 Å². The number of fused-ring (bicyclic) bond motifs is 1. The van der Waals surface area contributed by atoms with Gasteiger partial charge in [-0.1, -0.05) is 12.1 Å². The molecule has 0 radical (unpaired) electrons. The number of carbonyl (C=O) groups is 1. The lowest BCUT2D eigenvalue weighted by Crippen LogP contribution is -2.28. The first-order valence-electron chi connectivity index (χ1n) is 8.55. The van der Waals surface area contributed by atoms with Crippen molar-refractivity contribution < 1.29 is 4.79 Å². The number of pyridine rings is 1. The lowest BCUT2D eigenvalue weighted by Gasteiger charge is -2.11. The minimum absolute atomic E-state index is 0.210. The van der Waals surface area contributed by atoms with Gasteiger partial charge >= 0.3 is 6.03 Å². The molecule has 1 atom stereocenters.